The molecule has 1 atom stereocenters. The number of aromatic nitrogens is 1. The van der Waals surface area contributed by atoms with Crippen molar-refractivity contribution in [2.75, 3.05) is 23.9 Å². The normalized spacial score (nSPS) is 20.3. The maximum absolute atomic E-state index is 6.01. The van der Waals surface area contributed by atoms with E-state index in [4.69, 9.17) is 11.6 Å². The van der Waals surface area contributed by atoms with Gasteiger partial charge in [-0.15, -0.1) is 11.6 Å². The van der Waals surface area contributed by atoms with Crippen LogP contribution in [0.3, 0.4) is 0 Å². The summed E-state index contributed by atoms with van der Waals surface area (Å²) in [5.74, 6) is 1.38. The lowest BCUT2D eigenvalue weighted by atomic mass is 9.99. The number of rotatable bonds is 2. The fraction of sp³-hybridized carbons (Fsp3) is 0.400. The average molecular weight is 261 g/mol. The molecule has 1 fully saturated rings. The van der Waals surface area contributed by atoms with Gasteiger partial charge in [-0.05, 0) is 30.9 Å². The number of alkyl halides is 1. The Bertz CT molecular complexity index is 536. The fourth-order valence-electron chi connectivity index (χ4n) is 2.77. The second-order valence-electron chi connectivity index (χ2n) is 4.96. The van der Waals surface area contributed by atoms with Gasteiger partial charge in [0, 0.05) is 36.2 Å². The number of benzene rings is 1. The van der Waals surface area contributed by atoms with Crippen LogP contribution in [0.1, 0.15) is 12.8 Å². The third kappa shape index (κ3) is 2.17. The van der Waals surface area contributed by atoms with Crippen LogP contribution in [-0.4, -0.2) is 24.0 Å². The van der Waals surface area contributed by atoms with Gasteiger partial charge in [0.25, 0.3) is 0 Å². The van der Waals surface area contributed by atoms with Crippen LogP contribution in [0.15, 0.2) is 36.5 Å². The van der Waals surface area contributed by atoms with Crippen LogP contribution in [0, 0.1) is 5.92 Å². The number of para-hydroxylation sites is 1. The summed E-state index contributed by atoms with van der Waals surface area (Å²) in [6.07, 6.45) is 4.39. The molecule has 1 aliphatic heterocycles. The molecule has 0 aliphatic carbocycles. The van der Waals surface area contributed by atoms with Crippen LogP contribution in [0.5, 0.6) is 0 Å². The van der Waals surface area contributed by atoms with Crippen molar-refractivity contribution in [1.29, 1.82) is 0 Å². The highest BCUT2D eigenvalue weighted by atomic mass is 35.5. The van der Waals surface area contributed by atoms with Gasteiger partial charge < -0.3 is 4.90 Å². The monoisotopic (exact) mass is 260 g/mol. The SMILES string of the molecule is ClCC1CCCN(c2ccnc3ccccc23)C1. The Balaban J connectivity index is 1.98. The predicted octanol–water partition coefficient (Wildman–Crippen LogP) is 3.69. The molecule has 3 heteroatoms. The van der Waals surface area contributed by atoms with Gasteiger partial charge in [0.2, 0.25) is 0 Å². The van der Waals surface area contributed by atoms with E-state index < -0.39 is 0 Å². The zero-order valence-corrected chi connectivity index (χ0v) is 11.1. The molecule has 0 bridgehead atoms. The molecule has 0 amide bonds. The molecule has 94 valence electrons. The van der Waals surface area contributed by atoms with Gasteiger partial charge in [0.1, 0.15) is 0 Å². The van der Waals surface area contributed by atoms with Crippen LogP contribution in [0.4, 0.5) is 5.69 Å². The van der Waals surface area contributed by atoms with E-state index in [0.29, 0.717) is 5.92 Å². The first-order valence-corrected chi connectivity index (χ1v) is 7.06. The Hall–Kier alpha value is -1.28. The van der Waals surface area contributed by atoms with Crippen molar-refractivity contribution in [2.45, 2.75) is 12.8 Å². The molecule has 1 aliphatic rings. The zero-order chi connectivity index (χ0) is 12.4. The lowest BCUT2D eigenvalue weighted by Gasteiger charge is -2.34. The van der Waals surface area contributed by atoms with Gasteiger partial charge >= 0.3 is 0 Å². The number of piperidine rings is 1. The zero-order valence-electron chi connectivity index (χ0n) is 10.3. The lowest BCUT2D eigenvalue weighted by Crippen LogP contribution is -2.36. The van der Waals surface area contributed by atoms with Crippen LogP contribution >= 0.6 is 11.6 Å². The largest absolute Gasteiger partial charge is 0.371 e. The lowest BCUT2D eigenvalue weighted by molar-refractivity contribution is 0.451. The second-order valence-corrected chi connectivity index (χ2v) is 5.26. The third-order valence-corrected chi connectivity index (χ3v) is 4.14. The minimum absolute atomic E-state index is 0.618. The molecule has 0 saturated carbocycles. The molecule has 0 radical (unpaired) electrons. The maximum atomic E-state index is 6.01. The smallest absolute Gasteiger partial charge is 0.0722 e. The summed E-state index contributed by atoms with van der Waals surface area (Å²) in [5.41, 5.74) is 2.37. The molecule has 0 spiro atoms. The van der Waals surface area contributed by atoms with E-state index in [1.807, 2.05) is 12.3 Å². The fourth-order valence-corrected chi connectivity index (χ4v) is 3.02. The van der Waals surface area contributed by atoms with E-state index in [9.17, 15) is 0 Å². The van der Waals surface area contributed by atoms with Gasteiger partial charge in [-0.1, -0.05) is 18.2 Å². The van der Waals surface area contributed by atoms with Crippen molar-refractivity contribution in [1.82, 2.24) is 4.98 Å². The highest BCUT2D eigenvalue weighted by Crippen LogP contribution is 2.29. The molecular weight excluding hydrogens is 244 g/mol. The Labute approximate surface area is 113 Å². The van der Waals surface area contributed by atoms with E-state index in [0.717, 1.165) is 24.5 Å². The van der Waals surface area contributed by atoms with Crippen molar-refractivity contribution >= 4 is 28.2 Å². The average Bonchev–Trinajstić information content (AvgIpc) is 2.47. The summed E-state index contributed by atoms with van der Waals surface area (Å²) in [6, 6.07) is 10.5. The van der Waals surface area contributed by atoms with E-state index in [1.54, 1.807) is 0 Å². The first kappa shape index (κ1) is 11.8. The first-order chi connectivity index (χ1) is 8.88. The van der Waals surface area contributed by atoms with Crippen LogP contribution in [-0.2, 0) is 0 Å². The number of halogens is 1. The third-order valence-electron chi connectivity index (χ3n) is 3.70. The number of anilines is 1. The molecule has 1 aromatic carbocycles. The molecular formula is C15H17ClN2. The van der Waals surface area contributed by atoms with Crippen LogP contribution in [0.25, 0.3) is 10.9 Å². The summed E-state index contributed by atoms with van der Waals surface area (Å²) >= 11 is 6.01. The number of fused-ring (bicyclic) bond motifs is 1. The van der Waals surface area contributed by atoms with E-state index in [2.05, 4.69) is 34.1 Å². The molecule has 2 heterocycles. The molecule has 3 rings (SSSR count). The van der Waals surface area contributed by atoms with E-state index in [1.165, 1.54) is 23.9 Å². The Kier molecular flexibility index (Phi) is 3.37. The number of hydrogen-bond donors (Lipinski definition) is 0. The molecule has 2 aromatic rings. The number of pyridine rings is 1. The Morgan fingerprint density at radius 1 is 1.28 bits per heavy atom. The molecule has 2 nitrogen and oxygen atoms in total. The summed E-state index contributed by atoms with van der Waals surface area (Å²) < 4.78 is 0. The highest BCUT2D eigenvalue weighted by molar-refractivity contribution is 6.18. The number of hydrogen-bond acceptors (Lipinski definition) is 2. The van der Waals surface area contributed by atoms with Gasteiger partial charge in [-0.25, -0.2) is 0 Å². The first-order valence-electron chi connectivity index (χ1n) is 6.53. The topological polar surface area (TPSA) is 16.1 Å². The standard InChI is InChI=1S/C15H17ClN2/c16-10-12-4-3-9-18(11-12)15-7-8-17-14-6-2-1-5-13(14)15/h1-2,5-8,12H,3-4,9-11H2. The van der Waals surface area contributed by atoms with Crippen molar-refractivity contribution in [2.24, 2.45) is 5.92 Å². The van der Waals surface area contributed by atoms with Crippen molar-refractivity contribution in [3.63, 3.8) is 0 Å². The summed E-state index contributed by atoms with van der Waals surface area (Å²) in [6.45, 7) is 2.19. The highest BCUT2D eigenvalue weighted by Gasteiger charge is 2.20. The summed E-state index contributed by atoms with van der Waals surface area (Å²) in [7, 11) is 0. The molecule has 18 heavy (non-hydrogen) atoms. The van der Waals surface area contributed by atoms with Crippen LogP contribution in [0.2, 0.25) is 0 Å². The molecule has 1 unspecified atom stereocenters. The van der Waals surface area contributed by atoms with Crippen molar-refractivity contribution < 1.29 is 0 Å². The minimum atomic E-state index is 0.618. The maximum Gasteiger partial charge on any atom is 0.0722 e. The van der Waals surface area contributed by atoms with Gasteiger partial charge in [0.15, 0.2) is 0 Å². The quantitative estimate of drug-likeness (QED) is 0.766. The molecule has 1 aromatic heterocycles. The van der Waals surface area contributed by atoms with Crippen LogP contribution < -0.4 is 4.90 Å². The summed E-state index contributed by atoms with van der Waals surface area (Å²) in [4.78, 5) is 6.88. The van der Waals surface area contributed by atoms with Crippen molar-refractivity contribution in [3.8, 4) is 0 Å². The van der Waals surface area contributed by atoms with Gasteiger partial charge in [-0.2, -0.15) is 0 Å². The van der Waals surface area contributed by atoms with E-state index in [-0.39, 0.29) is 0 Å². The summed E-state index contributed by atoms with van der Waals surface area (Å²) in [5, 5.41) is 1.25. The second kappa shape index (κ2) is 5.15. The molecule has 0 N–H and O–H groups in total. The van der Waals surface area contributed by atoms with Gasteiger partial charge in [0.05, 0.1) is 5.52 Å². The van der Waals surface area contributed by atoms with Gasteiger partial charge in [-0.3, -0.25) is 4.98 Å². The van der Waals surface area contributed by atoms with Crippen molar-refractivity contribution in [3.05, 3.63) is 36.5 Å². The predicted molar refractivity (Wildman–Crippen MR) is 77.4 cm³/mol. The Morgan fingerprint density at radius 3 is 3.06 bits per heavy atom. The Morgan fingerprint density at radius 2 is 2.17 bits per heavy atom. The molecule has 1 saturated heterocycles. The number of nitrogens with zero attached hydrogens (tertiary/aromatic N) is 2. The van der Waals surface area contributed by atoms with E-state index >= 15 is 0 Å². The minimum Gasteiger partial charge on any atom is -0.371 e.